The minimum absolute atomic E-state index is 0.0250. The number of rotatable bonds is 10. The van der Waals surface area contributed by atoms with Gasteiger partial charge in [0.05, 0.1) is 19.8 Å². The highest BCUT2D eigenvalue weighted by atomic mass is 16.5. The van der Waals surface area contributed by atoms with Crippen molar-refractivity contribution >= 4 is 5.91 Å². The van der Waals surface area contributed by atoms with Gasteiger partial charge in [-0.15, -0.1) is 10.2 Å². The van der Waals surface area contributed by atoms with Crippen molar-refractivity contribution in [1.29, 1.82) is 0 Å². The largest absolute Gasteiger partial charge is 0.493 e. The SMILES string of the molecule is COc1cccc(CNC(=O)CCCn2nnc(-c3ccccc3)n2)c1OC1CCCC1. The number of ether oxygens (including phenoxy) is 2. The van der Waals surface area contributed by atoms with E-state index >= 15 is 0 Å². The van der Waals surface area contributed by atoms with Crippen LogP contribution in [-0.4, -0.2) is 39.3 Å². The molecular weight excluding hydrogens is 406 g/mol. The molecule has 0 radical (unpaired) electrons. The van der Waals surface area contributed by atoms with Crippen molar-refractivity contribution in [1.82, 2.24) is 25.5 Å². The lowest BCUT2D eigenvalue weighted by atomic mass is 10.1. The van der Waals surface area contributed by atoms with Crippen LogP contribution < -0.4 is 14.8 Å². The van der Waals surface area contributed by atoms with Crippen molar-refractivity contribution in [3.8, 4) is 22.9 Å². The maximum atomic E-state index is 12.4. The lowest BCUT2D eigenvalue weighted by molar-refractivity contribution is -0.121. The number of amides is 1. The fourth-order valence-corrected chi connectivity index (χ4v) is 3.87. The van der Waals surface area contributed by atoms with E-state index in [1.165, 1.54) is 17.6 Å². The van der Waals surface area contributed by atoms with E-state index in [2.05, 4.69) is 20.7 Å². The van der Waals surface area contributed by atoms with Gasteiger partial charge in [-0.3, -0.25) is 4.79 Å². The molecule has 3 aromatic rings. The van der Waals surface area contributed by atoms with Crippen LogP contribution in [0.4, 0.5) is 0 Å². The summed E-state index contributed by atoms with van der Waals surface area (Å²) in [6.07, 6.45) is 5.74. The van der Waals surface area contributed by atoms with E-state index in [0.717, 1.165) is 29.7 Å². The molecular formula is C24H29N5O3. The minimum Gasteiger partial charge on any atom is -0.493 e. The van der Waals surface area contributed by atoms with Crippen molar-refractivity contribution in [2.45, 2.75) is 57.7 Å². The van der Waals surface area contributed by atoms with E-state index < -0.39 is 0 Å². The average molecular weight is 436 g/mol. The number of tetrazole rings is 1. The predicted octanol–water partition coefficient (Wildman–Crippen LogP) is 3.77. The second-order valence-corrected chi connectivity index (χ2v) is 7.93. The van der Waals surface area contributed by atoms with E-state index in [0.29, 0.717) is 37.5 Å². The van der Waals surface area contributed by atoms with Gasteiger partial charge in [-0.1, -0.05) is 42.5 Å². The molecule has 1 N–H and O–H groups in total. The Morgan fingerprint density at radius 1 is 1.12 bits per heavy atom. The van der Waals surface area contributed by atoms with Crippen molar-refractivity contribution in [2.75, 3.05) is 7.11 Å². The fourth-order valence-electron chi connectivity index (χ4n) is 3.87. The maximum Gasteiger partial charge on any atom is 0.220 e. The highest BCUT2D eigenvalue weighted by Gasteiger charge is 2.20. The number of carbonyl (C=O) groups is 1. The summed E-state index contributed by atoms with van der Waals surface area (Å²) in [6, 6.07) is 15.5. The second-order valence-electron chi connectivity index (χ2n) is 7.93. The van der Waals surface area contributed by atoms with Crippen LogP contribution in [0.15, 0.2) is 48.5 Å². The van der Waals surface area contributed by atoms with Gasteiger partial charge in [0.25, 0.3) is 0 Å². The van der Waals surface area contributed by atoms with Gasteiger partial charge in [-0.25, -0.2) is 0 Å². The first-order chi connectivity index (χ1) is 15.7. The number of para-hydroxylation sites is 1. The number of hydrogen-bond acceptors (Lipinski definition) is 6. The molecule has 0 aliphatic heterocycles. The average Bonchev–Trinajstić information content (AvgIpc) is 3.51. The summed E-state index contributed by atoms with van der Waals surface area (Å²) < 4.78 is 11.7. The fraction of sp³-hybridized carbons (Fsp3) is 0.417. The quantitative estimate of drug-likeness (QED) is 0.521. The number of nitrogens with one attached hydrogen (secondary N) is 1. The molecule has 0 spiro atoms. The molecule has 32 heavy (non-hydrogen) atoms. The zero-order valence-electron chi connectivity index (χ0n) is 18.4. The van der Waals surface area contributed by atoms with Gasteiger partial charge in [-0.05, 0) is 43.4 Å². The normalized spacial score (nSPS) is 13.8. The van der Waals surface area contributed by atoms with Gasteiger partial charge >= 0.3 is 0 Å². The molecule has 4 rings (SSSR count). The number of aryl methyl sites for hydroxylation is 1. The Bertz CT molecular complexity index is 1020. The first-order valence-corrected chi connectivity index (χ1v) is 11.2. The number of methoxy groups -OCH3 is 1. The van der Waals surface area contributed by atoms with Gasteiger partial charge < -0.3 is 14.8 Å². The maximum absolute atomic E-state index is 12.4. The molecule has 168 valence electrons. The second kappa shape index (κ2) is 10.7. The van der Waals surface area contributed by atoms with E-state index in [1.54, 1.807) is 7.11 Å². The van der Waals surface area contributed by atoms with Gasteiger partial charge in [0.1, 0.15) is 0 Å². The Morgan fingerprint density at radius 2 is 1.94 bits per heavy atom. The van der Waals surface area contributed by atoms with Crippen molar-refractivity contribution < 1.29 is 14.3 Å². The van der Waals surface area contributed by atoms with Crippen LogP contribution in [0.5, 0.6) is 11.5 Å². The Hall–Kier alpha value is -3.42. The molecule has 1 fully saturated rings. The van der Waals surface area contributed by atoms with Gasteiger partial charge in [0, 0.05) is 24.1 Å². The van der Waals surface area contributed by atoms with Crippen molar-refractivity contribution in [3.63, 3.8) is 0 Å². The summed E-state index contributed by atoms with van der Waals surface area (Å²) in [5, 5.41) is 15.5. The van der Waals surface area contributed by atoms with Crippen LogP contribution in [0.25, 0.3) is 11.4 Å². The van der Waals surface area contributed by atoms with Gasteiger partial charge in [-0.2, -0.15) is 4.80 Å². The zero-order chi connectivity index (χ0) is 22.2. The predicted molar refractivity (Wildman–Crippen MR) is 120 cm³/mol. The Labute approximate surface area is 187 Å². The third-order valence-electron chi connectivity index (χ3n) is 5.59. The van der Waals surface area contributed by atoms with E-state index in [9.17, 15) is 4.79 Å². The van der Waals surface area contributed by atoms with Crippen LogP contribution in [0, 0.1) is 0 Å². The standard InChI is InChI=1S/C24H29N5O3/c1-31-21-14-7-11-19(23(21)32-20-12-5-6-13-20)17-25-22(30)15-8-16-29-27-24(26-28-29)18-9-3-2-4-10-18/h2-4,7,9-11,14,20H,5-6,8,12-13,15-17H2,1H3,(H,25,30). The molecule has 1 heterocycles. The summed E-state index contributed by atoms with van der Waals surface area (Å²) in [6.45, 7) is 0.931. The molecule has 1 amide bonds. The van der Waals surface area contributed by atoms with Crippen LogP contribution in [0.3, 0.4) is 0 Å². The van der Waals surface area contributed by atoms with Gasteiger partial charge in [0.2, 0.25) is 11.7 Å². The molecule has 0 unspecified atom stereocenters. The lowest BCUT2D eigenvalue weighted by Crippen LogP contribution is -2.24. The van der Waals surface area contributed by atoms with Crippen LogP contribution >= 0.6 is 0 Å². The molecule has 8 nitrogen and oxygen atoms in total. The summed E-state index contributed by atoms with van der Waals surface area (Å²) >= 11 is 0. The molecule has 8 heteroatoms. The number of aromatic nitrogens is 4. The zero-order valence-corrected chi connectivity index (χ0v) is 18.4. The molecule has 1 aliphatic rings. The van der Waals surface area contributed by atoms with E-state index in [4.69, 9.17) is 9.47 Å². The third-order valence-corrected chi connectivity index (χ3v) is 5.59. The summed E-state index contributed by atoms with van der Waals surface area (Å²) in [5.41, 5.74) is 1.85. The van der Waals surface area contributed by atoms with Crippen LogP contribution in [-0.2, 0) is 17.9 Å². The van der Waals surface area contributed by atoms with Gasteiger partial charge in [0.15, 0.2) is 11.5 Å². The highest BCUT2D eigenvalue weighted by Crippen LogP contribution is 2.34. The molecule has 2 aromatic carbocycles. The summed E-state index contributed by atoms with van der Waals surface area (Å²) in [5.74, 6) is 2.00. The number of hydrogen-bond donors (Lipinski definition) is 1. The van der Waals surface area contributed by atoms with Crippen molar-refractivity contribution in [2.24, 2.45) is 0 Å². The molecule has 1 saturated carbocycles. The highest BCUT2D eigenvalue weighted by molar-refractivity contribution is 5.76. The van der Waals surface area contributed by atoms with Crippen molar-refractivity contribution in [3.05, 3.63) is 54.1 Å². The number of benzene rings is 2. The Kier molecular flexibility index (Phi) is 7.32. The summed E-state index contributed by atoms with van der Waals surface area (Å²) in [4.78, 5) is 13.9. The Morgan fingerprint density at radius 3 is 2.72 bits per heavy atom. The molecule has 1 aromatic heterocycles. The van der Waals surface area contributed by atoms with Crippen LogP contribution in [0.1, 0.15) is 44.1 Å². The topological polar surface area (TPSA) is 91.2 Å². The number of nitrogens with zero attached hydrogens (tertiary/aromatic N) is 4. The molecule has 0 atom stereocenters. The van der Waals surface area contributed by atoms with E-state index in [-0.39, 0.29) is 12.0 Å². The smallest absolute Gasteiger partial charge is 0.220 e. The molecule has 1 aliphatic carbocycles. The minimum atomic E-state index is -0.0250. The molecule has 0 bridgehead atoms. The number of carbonyl (C=O) groups excluding carboxylic acids is 1. The monoisotopic (exact) mass is 435 g/mol. The Balaban J connectivity index is 1.27. The van der Waals surface area contributed by atoms with Crippen LogP contribution in [0.2, 0.25) is 0 Å². The summed E-state index contributed by atoms with van der Waals surface area (Å²) in [7, 11) is 1.64. The third kappa shape index (κ3) is 5.63. The lowest BCUT2D eigenvalue weighted by Gasteiger charge is -2.19. The molecule has 0 saturated heterocycles. The first kappa shape index (κ1) is 21.8. The first-order valence-electron chi connectivity index (χ1n) is 11.2. The van der Waals surface area contributed by atoms with E-state index in [1.807, 2.05) is 48.5 Å².